The minimum atomic E-state index is -0.384. The van der Waals surface area contributed by atoms with E-state index in [1.807, 2.05) is 30.5 Å². The van der Waals surface area contributed by atoms with E-state index >= 15 is 0 Å². The van der Waals surface area contributed by atoms with Crippen molar-refractivity contribution in [3.8, 4) is 10.6 Å². The third-order valence-electron chi connectivity index (χ3n) is 3.82. The lowest BCUT2D eigenvalue weighted by atomic mass is 10.1. The number of β-amino-alcohol motifs (C(OH)–C–C–N with tert-alkyl or cyclic N) is 1. The van der Waals surface area contributed by atoms with Crippen LogP contribution < -0.4 is 10.6 Å². The van der Waals surface area contributed by atoms with Gasteiger partial charge in [0.25, 0.3) is 5.91 Å². The third kappa shape index (κ3) is 4.91. The zero-order valence-electron chi connectivity index (χ0n) is 13.2. The summed E-state index contributed by atoms with van der Waals surface area (Å²) in [6.07, 6.45) is -0.384. The highest BCUT2D eigenvalue weighted by Gasteiger charge is 2.25. The summed E-state index contributed by atoms with van der Waals surface area (Å²) in [7, 11) is 0. The van der Waals surface area contributed by atoms with Crippen LogP contribution in [-0.4, -0.2) is 41.7 Å². The Morgan fingerprint density at radius 3 is 2.83 bits per heavy atom. The predicted molar refractivity (Wildman–Crippen MR) is 101 cm³/mol. The van der Waals surface area contributed by atoms with Crippen molar-refractivity contribution >= 4 is 42.1 Å². The summed E-state index contributed by atoms with van der Waals surface area (Å²) in [6, 6.07) is 7.48. The number of thiazole rings is 1. The minimum absolute atomic E-state index is 0. The first-order valence-corrected chi connectivity index (χ1v) is 8.21. The molecule has 2 heterocycles. The molecule has 2 atom stereocenters. The molecule has 0 saturated carbocycles. The van der Waals surface area contributed by atoms with E-state index in [4.69, 9.17) is 0 Å². The van der Waals surface area contributed by atoms with E-state index in [0.29, 0.717) is 18.7 Å². The van der Waals surface area contributed by atoms with Gasteiger partial charge in [0.15, 0.2) is 0 Å². The zero-order valence-corrected chi connectivity index (χ0v) is 15.6. The number of aryl methyl sites for hydroxylation is 1. The van der Waals surface area contributed by atoms with Gasteiger partial charge in [0, 0.05) is 47.8 Å². The van der Waals surface area contributed by atoms with Crippen molar-refractivity contribution < 1.29 is 9.90 Å². The van der Waals surface area contributed by atoms with Crippen LogP contribution in [0.25, 0.3) is 10.6 Å². The topological polar surface area (TPSA) is 74.2 Å². The maximum atomic E-state index is 12.3. The Morgan fingerprint density at radius 1 is 1.42 bits per heavy atom. The highest BCUT2D eigenvalue weighted by atomic mass is 35.5. The van der Waals surface area contributed by atoms with Gasteiger partial charge in [-0.15, -0.1) is 36.2 Å². The molecule has 1 aliphatic rings. The highest BCUT2D eigenvalue weighted by Crippen LogP contribution is 2.24. The van der Waals surface area contributed by atoms with Crippen LogP contribution in [0.1, 0.15) is 16.1 Å². The number of carbonyl (C=O) groups excluding carboxylic acids is 1. The lowest BCUT2D eigenvalue weighted by Gasteiger charge is -2.14. The molecule has 0 spiro atoms. The van der Waals surface area contributed by atoms with Crippen LogP contribution in [0.15, 0.2) is 29.6 Å². The van der Waals surface area contributed by atoms with Gasteiger partial charge in [-0.2, -0.15) is 0 Å². The number of rotatable bonds is 4. The van der Waals surface area contributed by atoms with Gasteiger partial charge in [-0.05, 0) is 19.1 Å². The molecule has 2 aromatic rings. The first-order chi connectivity index (χ1) is 10.6. The van der Waals surface area contributed by atoms with E-state index in [2.05, 4.69) is 15.6 Å². The van der Waals surface area contributed by atoms with Crippen molar-refractivity contribution in [1.82, 2.24) is 15.6 Å². The third-order valence-corrected chi connectivity index (χ3v) is 4.83. The normalized spacial score (nSPS) is 19.2. The van der Waals surface area contributed by atoms with Crippen LogP contribution in [0.2, 0.25) is 0 Å². The van der Waals surface area contributed by atoms with E-state index in [9.17, 15) is 9.90 Å². The summed E-state index contributed by atoms with van der Waals surface area (Å²) in [4.78, 5) is 16.7. The van der Waals surface area contributed by atoms with Crippen molar-refractivity contribution in [3.63, 3.8) is 0 Å². The van der Waals surface area contributed by atoms with Gasteiger partial charge in [-0.25, -0.2) is 4.98 Å². The van der Waals surface area contributed by atoms with Crippen LogP contribution in [-0.2, 0) is 0 Å². The number of nitrogens with one attached hydrogen (secondary N) is 2. The molecule has 1 aliphatic heterocycles. The standard InChI is InChI=1S/C16H19N3O2S.2ClH/c1-10-9-22-16(19-10)12-4-2-3-11(5-12)15(21)18-7-13-6-17-8-14(13)20;;/h2-5,9,13-14,17,20H,6-8H2,1H3,(H,18,21);2*1H. The second-order valence-corrected chi connectivity index (χ2v) is 6.43. The number of aromatic nitrogens is 1. The highest BCUT2D eigenvalue weighted by molar-refractivity contribution is 7.13. The number of hydrogen-bond acceptors (Lipinski definition) is 5. The van der Waals surface area contributed by atoms with Gasteiger partial charge >= 0.3 is 0 Å². The molecular formula is C16H21Cl2N3O2S. The van der Waals surface area contributed by atoms with Crippen molar-refractivity contribution in [3.05, 3.63) is 40.9 Å². The fourth-order valence-electron chi connectivity index (χ4n) is 2.53. The first-order valence-electron chi connectivity index (χ1n) is 7.33. The average Bonchev–Trinajstić information content (AvgIpc) is 3.13. The predicted octanol–water partition coefficient (Wildman–Crippen LogP) is 2.27. The molecule has 1 fully saturated rings. The Hall–Kier alpha value is -1.18. The summed E-state index contributed by atoms with van der Waals surface area (Å²) >= 11 is 1.57. The molecular weight excluding hydrogens is 369 g/mol. The molecule has 1 aromatic heterocycles. The van der Waals surface area contributed by atoms with Gasteiger partial charge in [-0.1, -0.05) is 12.1 Å². The molecule has 0 aliphatic carbocycles. The summed E-state index contributed by atoms with van der Waals surface area (Å²) in [6.45, 7) is 3.77. The fraction of sp³-hybridized carbons (Fsp3) is 0.375. The van der Waals surface area contributed by atoms with E-state index < -0.39 is 0 Å². The van der Waals surface area contributed by atoms with Crippen LogP contribution in [0.5, 0.6) is 0 Å². The van der Waals surface area contributed by atoms with Crippen LogP contribution in [0.4, 0.5) is 0 Å². The Bertz CT molecular complexity index is 681. The van der Waals surface area contributed by atoms with Gasteiger partial charge in [0.1, 0.15) is 5.01 Å². The molecule has 0 radical (unpaired) electrons. The quantitative estimate of drug-likeness (QED) is 0.749. The average molecular weight is 390 g/mol. The first kappa shape index (κ1) is 20.9. The van der Waals surface area contributed by atoms with Crippen LogP contribution >= 0.6 is 36.2 Å². The van der Waals surface area contributed by atoms with Gasteiger partial charge < -0.3 is 15.7 Å². The fourth-order valence-corrected chi connectivity index (χ4v) is 3.33. The van der Waals surface area contributed by atoms with Crippen LogP contribution in [0.3, 0.4) is 0 Å². The van der Waals surface area contributed by atoms with Crippen molar-refractivity contribution in [1.29, 1.82) is 0 Å². The monoisotopic (exact) mass is 389 g/mol. The number of amides is 1. The summed E-state index contributed by atoms with van der Waals surface area (Å²) in [5.41, 5.74) is 2.55. The number of carbonyl (C=O) groups is 1. The van der Waals surface area contributed by atoms with E-state index in [-0.39, 0.29) is 42.7 Å². The molecule has 1 aromatic carbocycles. The molecule has 3 rings (SSSR count). The van der Waals surface area contributed by atoms with Gasteiger partial charge in [0.05, 0.1) is 6.10 Å². The van der Waals surface area contributed by atoms with E-state index in [1.54, 1.807) is 17.4 Å². The van der Waals surface area contributed by atoms with E-state index in [0.717, 1.165) is 22.8 Å². The smallest absolute Gasteiger partial charge is 0.251 e. The molecule has 0 bridgehead atoms. The Kier molecular flexibility index (Phi) is 8.12. The molecule has 8 heteroatoms. The summed E-state index contributed by atoms with van der Waals surface area (Å²) in [5.74, 6) is -0.0389. The second-order valence-electron chi connectivity index (χ2n) is 5.57. The van der Waals surface area contributed by atoms with Crippen molar-refractivity contribution in [2.75, 3.05) is 19.6 Å². The maximum Gasteiger partial charge on any atom is 0.251 e. The lowest BCUT2D eigenvalue weighted by Crippen LogP contribution is -2.34. The molecule has 5 nitrogen and oxygen atoms in total. The number of benzene rings is 1. The maximum absolute atomic E-state index is 12.3. The number of aliphatic hydroxyl groups excluding tert-OH is 1. The molecule has 24 heavy (non-hydrogen) atoms. The molecule has 2 unspecified atom stereocenters. The SMILES string of the molecule is Cc1csc(-c2cccc(C(=O)NCC3CNCC3O)c2)n1.Cl.Cl. The van der Waals surface area contributed by atoms with E-state index in [1.165, 1.54) is 0 Å². The summed E-state index contributed by atoms with van der Waals surface area (Å²) in [5, 5.41) is 18.7. The Labute approximate surface area is 157 Å². The number of aliphatic hydroxyl groups is 1. The second kappa shape index (κ2) is 9.34. The Morgan fingerprint density at radius 2 is 2.21 bits per heavy atom. The van der Waals surface area contributed by atoms with Crippen LogP contribution in [0, 0.1) is 12.8 Å². The summed E-state index contributed by atoms with van der Waals surface area (Å²) < 4.78 is 0. The van der Waals surface area contributed by atoms with Gasteiger partial charge in [0.2, 0.25) is 0 Å². The van der Waals surface area contributed by atoms with Gasteiger partial charge in [-0.3, -0.25) is 4.79 Å². The molecule has 132 valence electrons. The number of hydrogen-bond donors (Lipinski definition) is 3. The Balaban J connectivity index is 0.00000144. The molecule has 1 saturated heterocycles. The lowest BCUT2D eigenvalue weighted by molar-refractivity contribution is 0.0927. The number of nitrogens with zero attached hydrogens (tertiary/aromatic N) is 1. The molecule has 3 N–H and O–H groups in total. The number of halogens is 2. The molecule has 1 amide bonds. The van der Waals surface area contributed by atoms with Crippen molar-refractivity contribution in [2.24, 2.45) is 5.92 Å². The zero-order chi connectivity index (χ0) is 15.5. The van der Waals surface area contributed by atoms with Crippen molar-refractivity contribution in [2.45, 2.75) is 13.0 Å². The largest absolute Gasteiger partial charge is 0.391 e. The minimum Gasteiger partial charge on any atom is -0.391 e.